The Morgan fingerprint density at radius 3 is 2.83 bits per heavy atom. The number of urea groups is 1. The molecule has 4 rings (SSSR count). The summed E-state index contributed by atoms with van der Waals surface area (Å²) in [7, 11) is 0. The summed E-state index contributed by atoms with van der Waals surface area (Å²) in [5, 5.41) is 23.0. The van der Waals surface area contributed by atoms with Crippen LogP contribution in [0.4, 0.5) is 14.9 Å². The number of carbonyl (C=O) groups is 1. The first kappa shape index (κ1) is 20.3. The average molecular weight is 433 g/mol. The van der Waals surface area contributed by atoms with Gasteiger partial charge in [-0.3, -0.25) is 10.8 Å². The first-order valence-electron chi connectivity index (χ1n) is 9.62. The van der Waals surface area contributed by atoms with E-state index in [1.807, 2.05) is 0 Å². The molecule has 1 aliphatic heterocycles. The fourth-order valence-electron chi connectivity index (χ4n) is 4.60. The van der Waals surface area contributed by atoms with Crippen LogP contribution in [0.15, 0.2) is 30.6 Å². The molecule has 10 heteroatoms. The number of nitrogens with one attached hydrogen (secondary N) is 3. The number of fused-ring (bicyclic) bond motifs is 2. The molecule has 1 aromatic heterocycles. The third-order valence-corrected chi connectivity index (χ3v) is 5.97. The second kappa shape index (κ2) is 7.39. The van der Waals surface area contributed by atoms with Crippen molar-refractivity contribution >= 4 is 35.1 Å². The van der Waals surface area contributed by atoms with Gasteiger partial charge < -0.3 is 15.0 Å². The molecular formula is C20H22ClFN6O2. The molecule has 1 saturated heterocycles. The third-order valence-electron chi connectivity index (χ3n) is 5.65. The highest BCUT2D eigenvalue weighted by molar-refractivity contribution is 6.32. The largest absolute Gasteiger partial charge is 0.428 e. The van der Waals surface area contributed by atoms with E-state index in [-0.39, 0.29) is 23.9 Å². The Morgan fingerprint density at radius 2 is 2.17 bits per heavy atom. The number of piperidine rings is 1. The molecule has 3 N–H and O–H groups in total. The molecule has 8 nitrogen and oxygen atoms in total. The van der Waals surface area contributed by atoms with E-state index in [1.165, 1.54) is 17.8 Å². The standard InChI is InChI=1S/C20H22ClFN6O2/c1-11-5-15-8-20(7-11,18(24)30-12(2)23)28(15)19(29)26-14-3-4-16(21)17(6-14)27-10-13(22)9-25-27/h3-4,6,9-11,15,23-24H,5,7-8H2,1-2H3,(H,26,29)/t11-,15-,20+/m1/s1. The van der Waals surface area contributed by atoms with Crippen molar-refractivity contribution in [1.82, 2.24) is 14.7 Å². The van der Waals surface area contributed by atoms with E-state index < -0.39 is 11.4 Å². The SMILES string of the molecule is CC(=N)OC(=N)[C@]12C[C@H](C)C[C@H](C1)N2C(=O)Nc1ccc(Cl)c(-n2cc(F)cn2)c1. The van der Waals surface area contributed by atoms with Gasteiger partial charge in [0.15, 0.2) is 11.7 Å². The quantitative estimate of drug-likeness (QED) is 0.493. The second-order valence-corrected chi connectivity index (χ2v) is 8.40. The maximum atomic E-state index is 13.3. The molecule has 2 bridgehead atoms. The van der Waals surface area contributed by atoms with Gasteiger partial charge in [0.25, 0.3) is 0 Å². The number of halogens is 2. The molecule has 1 aromatic carbocycles. The highest BCUT2D eigenvalue weighted by Gasteiger charge is 2.62. The number of hydrogen-bond donors (Lipinski definition) is 3. The van der Waals surface area contributed by atoms with Gasteiger partial charge in [0.2, 0.25) is 5.90 Å². The van der Waals surface area contributed by atoms with Crippen molar-refractivity contribution in [3.8, 4) is 5.69 Å². The summed E-state index contributed by atoms with van der Waals surface area (Å²) in [4.78, 5) is 14.8. The Labute approximate surface area is 178 Å². The lowest BCUT2D eigenvalue weighted by molar-refractivity contribution is -0.0539. The molecule has 2 heterocycles. The molecule has 2 amide bonds. The highest BCUT2D eigenvalue weighted by atomic mass is 35.5. The molecule has 0 spiro atoms. The Hall–Kier alpha value is -2.94. The van der Waals surface area contributed by atoms with Crippen LogP contribution in [0.25, 0.3) is 5.69 Å². The molecule has 30 heavy (non-hydrogen) atoms. The van der Waals surface area contributed by atoms with E-state index in [9.17, 15) is 9.18 Å². The van der Waals surface area contributed by atoms with Crippen LogP contribution in [-0.4, -0.2) is 44.1 Å². The van der Waals surface area contributed by atoms with Gasteiger partial charge in [0.1, 0.15) is 5.54 Å². The molecule has 2 aliphatic rings. The Bertz CT molecular complexity index is 1040. The zero-order valence-corrected chi connectivity index (χ0v) is 17.3. The van der Waals surface area contributed by atoms with Gasteiger partial charge in [0.05, 0.1) is 23.1 Å². The molecule has 0 radical (unpaired) electrons. The number of aromatic nitrogens is 2. The number of nitrogens with zero attached hydrogens (tertiary/aromatic N) is 3. The van der Waals surface area contributed by atoms with Gasteiger partial charge in [-0.1, -0.05) is 18.5 Å². The predicted molar refractivity (Wildman–Crippen MR) is 111 cm³/mol. The van der Waals surface area contributed by atoms with E-state index in [0.29, 0.717) is 35.2 Å². The van der Waals surface area contributed by atoms with Crippen molar-refractivity contribution in [3.63, 3.8) is 0 Å². The van der Waals surface area contributed by atoms with Crippen molar-refractivity contribution < 1.29 is 13.9 Å². The number of benzene rings is 1. The summed E-state index contributed by atoms with van der Waals surface area (Å²) < 4.78 is 19.9. The maximum Gasteiger partial charge on any atom is 0.322 e. The fourth-order valence-corrected chi connectivity index (χ4v) is 4.80. The van der Waals surface area contributed by atoms with Gasteiger partial charge in [-0.15, -0.1) is 0 Å². The minimum atomic E-state index is -0.838. The molecule has 3 atom stereocenters. The normalized spacial score (nSPS) is 24.7. The number of anilines is 1. The van der Waals surface area contributed by atoms with Crippen LogP contribution >= 0.6 is 11.6 Å². The highest BCUT2D eigenvalue weighted by Crippen LogP contribution is 2.50. The van der Waals surface area contributed by atoms with Crippen LogP contribution in [-0.2, 0) is 4.74 Å². The van der Waals surface area contributed by atoms with Crippen molar-refractivity contribution in [1.29, 1.82) is 10.8 Å². The first-order valence-corrected chi connectivity index (χ1v) is 10.00. The predicted octanol–water partition coefficient (Wildman–Crippen LogP) is 4.43. The van der Waals surface area contributed by atoms with Crippen LogP contribution < -0.4 is 5.32 Å². The van der Waals surface area contributed by atoms with Gasteiger partial charge in [-0.05, 0) is 37.0 Å². The Kier molecular flexibility index (Phi) is 5.01. The number of likely N-dealkylation sites (tertiary alicyclic amines) is 1. The van der Waals surface area contributed by atoms with E-state index in [0.717, 1.165) is 12.6 Å². The number of rotatable bonds is 3. The minimum Gasteiger partial charge on any atom is -0.428 e. The van der Waals surface area contributed by atoms with Crippen molar-refractivity contribution in [2.24, 2.45) is 5.92 Å². The number of amides is 2. The molecule has 0 unspecified atom stereocenters. The number of hydrogen-bond acceptors (Lipinski definition) is 5. The van der Waals surface area contributed by atoms with Crippen LogP contribution in [0, 0.1) is 22.6 Å². The summed E-state index contributed by atoms with van der Waals surface area (Å²) in [5.74, 6) is -0.299. The van der Waals surface area contributed by atoms with Crippen molar-refractivity contribution in [2.45, 2.75) is 44.7 Å². The lowest BCUT2D eigenvalue weighted by Gasteiger charge is -2.62. The Morgan fingerprint density at radius 1 is 1.40 bits per heavy atom. The zero-order chi connectivity index (χ0) is 21.6. The van der Waals surface area contributed by atoms with Gasteiger partial charge in [0, 0.05) is 25.1 Å². The molecule has 158 valence electrons. The lowest BCUT2D eigenvalue weighted by Crippen LogP contribution is -2.75. The summed E-state index contributed by atoms with van der Waals surface area (Å²) in [5.41, 5.74) is 0.0647. The van der Waals surface area contributed by atoms with Crippen molar-refractivity contribution in [3.05, 3.63) is 41.4 Å². The molecule has 2 fully saturated rings. The number of carbonyl (C=O) groups excluding carboxylic acids is 1. The average Bonchev–Trinajstić information content (AvgIpc) is 3.08. The monoisotopic (exact) mass is 432 g/mol. The van der Waals surface area contributed by atoms with Crippen LogP contribution in [0.3, 0.4) is 0 Å². The minimum absolute atomic E-state index is 0.00993. The summed E-state index contributed by atoms with van der Waals surface area (Å²) >= 11 is 6.21. The smallest absolute Gasteiger partial charge is 0.322 e. The van der Waals surface area contributed by atoms with Crippen LogP contribution in [0.2, 0.25) is 5.02 Å². The molecule has 2 aromatic rings. The molecule has 1 saturated carbocycles. The zero-order valence-electron chi connectivity index (χ0n) is 16.6. The van der Waals surface area contributed by atoms with E-state index >= 15 is 0 Å². The number of ether oxygens (including phenoxy) is 1. The third kappa shape index (κ3) is 3.43. The van der Waals surface area contributed by atoms with Crippen LogP contribution in [0.1, 0.15) is 33.1 Å². The maximum absolute atomic E-state index is 13.3. The molecular weight excluding hydrogens is 411 g/mol. The van der Waals surface area contributed by atoms with Gasteiger partial charge in [-0.2, -0.15) is 5.10 Å². The second-order valence-electron chi connectivity index (χ2n) is 7.99. The first-order chi connectivity index (χ1) is 14.2. The lowest BCUT2D eigenvalue weighted by atomic mass is 9.64. The topological polar surface area (TPSA) is 107 Å². The summed E-state index contributed by atoms with van der Waals surface area (Å²) in [6.07, 6.45) is 4.38. The van der Waals surface area contributed by atoms with Gasteiger partial charge >= 0.3 is 6.03 Å². The van der Waals surface area contributed by atoms with Crippen LogP contribution in [0.5, 0.6) is 0 Å². The summed E-state index contributed by atoms with van der Waals surface area (Å²) in [6, 6.07) is 4.52. The Balaban J connectivity index is 1.58. The van der Waals surface area contributed by atoms with E-state index in [2.05, 4.69) is 17.3 Å². The van der Waals surface area contributed by atoms with E-state index in [4.69, 9.17) is 27.2 Å². The fraction of sp³-hybridized carbons (Fsp3) is 0.400. The molecule has 1 aliphatic carbocycles. The van der Waals surface area contributed by atoms with E-state index in [1.54, 1.807) is 23.1 Å². The van der Waals surface area contributed by atoms with Gasteiger partial charge in [-0.25, -0.2) is 13.9 Å². The van der Waals surface area contributed by atoms with Crippen molar-refractivity contribution in [2.75, 3.05) is 5.32 Å². The summed E-state index contributed by atoms with van der Waals surface area (Å²) in [6.45, 7) is 3.56.